The smallest absolute Gasteiger partial charge is 0.191 e. The molecule has 1 fully saturated rings. The average molecular weight is 388 g/mol. The van der Waals surface area contributed by atoms with E-state index in [0.717, 1.165) is 43.4 Å². The minimum absolute atomic E-state index is 0.239. The van der Waals surface area contributed by atoms with Gasteiger partial charge in [0, 0.05) is 49.6 Å². The first-order valence-electron chi connectivity index (χ1n) is 8.72. The number of sulfone groups is 1. The summed E-state index contributed by atoms with van der Waals surface area (Å²) in [6.07, 6.45) is 5.15. The number of hydrogen-bond acceptors (Lipinski definition) is 6. The Morgan fingerprint density at radius 2 is 2.16 bits per heavy atom. The molecule has 0 atom stereocenters. The van der Waals surface area contributed by atoms with Crippen LogP contribution in [-0.4, -0.2) is 68.5 Å². The van der Waals surface area contributed by atoms with Gasteiger partial charge in [0.05, 0.1) is 12.3 Å². The van der Waals surface area contributed by atoms with Crippen molar-refractivity contribution >= 4 is 27.1 Å². The lowest BCUT2D eigenvalue weighted by atomic mass is 10.1. The molecule has 0 spiro atoms. The number of piperidine rings is 1. The number of nitrogens with zero attached hydrogens (tertiary/aromatic N) is 3. The third-order valence-electron chi connectivity index (χ3n) is 4.09. The fraction of sp³-hybridized carbons (Fsp3) is 0.750. The van der Waals surface area contributed by atoms with E-state index < -0.39 is 9.84 Å². The van der Waals surface area contributed by atoms with Crippen molar-refractivity contribution in [1.29, 1.82) is 0 Å². The number of thiazole rings is 1. The summed E-state index contributed by atoms with van der Waals surface area (Å²) in [6, 6.07) is 0.366. The van der Waals surface area contributed by atoms with E-state index in [2.05, 4.69) is 32.4 Å². The molecule has 1 aliphatic rings. The second-order valence-corrected chi connectivity index (χ2v) is 10.0. The van der Waals surface area contributed by atoms with Crippen molar-refractivity contribution in [2.45, 2.75) is 39.3 Å². The summed E-state index contributed by atoms with van der Waals surface area (Å²) in [5, 5.41) is 7.80. The van der Waals surface area contributed by atoms with E-state index in [-0.39, 0.29) is 5.75 Å². The van der Waals surface area contributed by atoms with Crippen LogP contribution in [-0.2, 0) is 16.4 Å². The third-order valence-corrected chi connectivity index (χ3v) is 5.91. The van der Waals surface area contributed by atoms with Crippen molar-refractivity contribution in [1.82, 2.24) is 20.5 Å². The fourth-order valence-electron chi connectivity index (χ4n) is 2.73. The van der Waals surface area contributed by atoms with Gasteiger partial charge in [-0.2, -0.15) is 0 Å². The zero-order valence-electron chi connectivity index (χ0n) is 15.3. The van der Waals surface area contributed by atoms with Crippen LogP contribution in [0, 0.1) is 6.92 Å². The van der Waals surface area contributed by atoms with Crippen LogP contribution < -0.4 is 10.6 Å². The molecule has 2 N–H and O–H groups in total. The largest absolute Gasteiger partial charge is 0.357 e. The molecule has 2 heterocycles. The summed E-state index contributed by atoms with van der Waals surface area (Å²) in [5.74, 6) is 1.06. The molecule has 0 amide bonds. The molecule has 0 aromatic carbocycles. The molecule has 0 unspecified atom stereocenters. The van der Waals surface area contributed by atoms with Gasteiger partial charge < -0.3 is 15.5 Å². The molecule has 1 aliphatic heterocycles. The van der Waals surface area contributed by atoms with Crippen molar-refractivity contribution in [3.8, 4) is 0 Å². The van der Waals surface area contributed by atoms with Crippen LogP contribution in [0.2, 0.25) is 0 Å². The lowest BCUT2D eigenvalue weighted by molar-refractivity contribution is 0.216. The predicted molar refractivity (Wildman–Crippen MR) is 104 cm³/mol. The summed E-state index contributed by atoms with van der Waals surface area (Å²) >= 11 is 1.67. The quantitative estimate of drug-likeness (QED) is 0.536. The zero-order chi connectivity index (χ0) is 18.3. The van der Waals surface area contributed by atoms with Crippen LogP contribution in [0.25, 0.3) is 0 Å². The molecule has 1 aromatic heterocycles. The van der Waals surface area contributed by atoms with E-state index in [1.54, 1.807) is 11.3 Å². The molecule has 7 nitrogen and oxygen atoms in total. The molecule has 2 rings (SSSR count). The highest BCUT2D eigenvalue weighted by molar-refractivity contribution is 7.90. The van der Waals surface area contributed by atoms with Crippen molar-refractivity contribution in [3.63, 3.8) is 0 Å². The van der Waals surface area contributed by atoms with E-state index in [1.165, 1.54) is 11.1 Å². The minimum atomic E-state index is -2.89. The number of hydrogen-bond donors (Lipinski definition) is 2. The van der Waals surface area contributed by atoms with Gasteiger partial charge in [0.15, 0.2) is 5.96 Å². The standard InChI is InChI=1S/C16H29N5O2S2/c1-4-17-16(19-12-15-18-11-13(2)24-15)20-14-5-7-21(8-6-14)9-10-25(3,22)23/h11,14H,4-10,12H2,1-3H3,(H2,17,19,20). The van der Waals surface area contributed by atoms with E-state index in [1.807, 2.05) is 13.1 Å². The molecule has 0 aliphatic carbocycles. The van der Waals surface area contributed by atoms with E-state index in [0.29, 0.717) is 19.1 Å². The number of guanidine groups is 1. The number of aromatic nitrogens is 1. The molecule has 142 valence electrons. The topological polar surface area (TPSA) is 86.7 Å². The summed E-state index contributed by atoms with van der Waals surface area (Å²) < 4.78 is 22.6. The van der Waals surface area contributed by atoms with Gasteiger partial charge in [-0.25, -0.2) is 18.4 Å². The molecular weight excluding hydrogens is 358 g/mol. The zero-order valence-corrected chi connectivity index (χ0v) is 16.9. The maximum absolute atomic E-state index is 11.3. The maximum atomic E-state index is 11.3. The molecule has 1 saturated heterocycles. The molecule has 25 heavy (non-hydrogen) atoms. The molecule has 0 bridgehead atoms. The fourth-order valence-corrected chi connectivity index (χ4v) is 4.03. The first-order valence-corrected chi connectivity index (χ1v) is 11.6. The van der Waals surface area contributed by atoms with Gasteiger partial charge in [0.25, 0.3) is 0 Å². The Morgan fingerprint density at radius 3 is 2.72 bits per heavy atom. The van der Waals surface area contributed by atoms with Crippen molar-refractivity contribution in [2.24, 2.45) is 4.99 Å². The maximum Gasteiger partial charge on any atom is 0.191 e. The lowest BCUT2D eigenvalue weighted by Gasteiger charge is -2.32. The van der Waals surface area contributed by atoms with Gasteiger partial charge in [0.1, 0.15) is 14.8 Å². The van der Waals surface area contributed by atoms with Gasteiger partial charge >= 0.3 is 0 Å². The van der Waals surface area contributed by atoms with E-state index in [9.17, 15) is 8.42 Å². The molecule has 0 radical (unpaired) electrons. The Kier molecular flexibility index (Phi) is 7.64. The van der Waals surface area contributed by atoms with E-state index in [4.69, 9.17) is 0 Å². The number of aryl methyl sites for hydroxylation is 1. The first-order chi connectivity index (χ1) is 11.9. The van der Waals surface area contributed by atoms with Crippen LogP contribution in [0.5, 0.6) is 0 Å². The van der Waals surface area contributed by atoms with Crippen molar-refractivity contribution in [2.75, 3.05) is 38.2 Å². The van der Waals surface area contributed by atoms with Gasteiger partial charge in [-0.1, -0.05) is 0 Å². The van der Waals surface area contributed by atoms with Crippen molar-refractivity contribution in [3.05, 3.63) is 16.1 Å². The predicted octanol–water partition coefficient (Wildman–Crippen LogP) is 1.02. The molecular formula is C16H29N5O2S2. The Bertz CT molecular complexity index is 664. The third kappa shape index (κ3) is 7.70. The van der Waals surface area contributed by atoms with Crippen LogP contribution in [0.3, 0.4) is 0 Å². The van der Waals surface area contributed by atoms with Crippen LogP contribution in [0.4, 0.5) is 0 Å². The molecule has 9 heteroatoms. The first kappa shape index (κ1) is 20.1. The SMILES string of the molecule is CCNC(=NCc1ncc(C)s1)NC1CCN(CCS(C)(=O)=O)CC1. The number of rotatable bonds is 7. The summed E-state index contributed by atoms with van der Waals surface area (Å²) in [4.78, 5) is 12.4. The monoisotopic (exact) mass is 387 g/mol. The Balaban J connectivity index is 1.80. The highest BCUT2D eigenvalue weighted by atomic mass is 32.2. The normalized spacial score (nSPS) is 17.6. The average Bonchev–Trinajstić information content (AvgIpc) is 2.97. The number of likely N-dealkylation sites (tertiary alicyclic amines) is 1. The van der Waals surface area contributed by atoms with Gasteiger partial charge in [-0.05, 0) is 26.7 Å². The van der Waals surface area contributed by atoms with Gasteiger partial charge in [-0.3, -0.25) is 0 Å². The minimum Gasteiger partial charge on any atom is -0.357 e. The van der Waals surface area contributed by atoms with E-state index >= 15 is 0 Å². The number of nitrogens with one attached hydrogen (secondary N) is 2. The Hall–Kier alpha value is -1.19. The Labute approximate surface area is 154 Å². The number of aliphatic imine (C=N–C) groups is 1. The van der Waals surface area contributed by atoms with Crippen LogP contribution in [0.1, 0.15) is 29.7 Å². The molecule has 1 aromatic rings. The Morgan fingerprint density at radius 1 is 1.44 bits per heavy atom. The summed E-state index contributed by atoms with van der Waals surface area (Å²) in [6.45, 7) is 7.96. The highest BCUT2D eigenvalue weighted by Gasteiger charge is 2.20. The molecule has 0 saturated carbocycles. The van der Waals surface area contributed by atoms with Crippen molar-refractivity contribution < 1.29 is 8.42 Å². The second-order valence-electron chi connectivity index (χ2n) is 6.45. The van der Waals surface area contributed by atoms with Crippen LogP contribution >= 0.6 is 11.3 Å². The summed E-state index contributed by atoms with van der Waals surface area (Å²) in [5.41, 5.74) is 0. The van der Waals surface area contributed by atoms with Crippen LogP contribution in [0.15, 0.2) is 11.2 Å². The van der Waals surface area contributed by atoms with Gasteiger partial charge in [0.2, 0.25) is 0 Å². The lowest BCUT2D eigenvalue weighted by Crippen LogP contribution is -2.49. The second kappa shape index (κ2) is 9.49. The highest BCUT2D eigenvalue weighted by Crippen LogP contribution is 2.13. The van der Waals surface area contributed by atoms with Gasteiger partial charge in [-0.15, -0.1) is 11.3 Å². The summed E-state index contributed by atoms with van der Waals surface area (Å²) in [7, 11) is -2.89.